The highest BCUT2D eigenvalue weighted by Gasteiger charge is 2.15. The van der Waals surface area contributed by atoms with Gasteiger partial charge in [-0.1, -0.05) is 44.1 Å². The Balaban J connectivity index is 1.72. The van der Waals surface area contributed by atoms with E-state index in [0.717, 1.165) is 30.2 Å². The molecule has 0 saturated heterocycles. The van der Waals surface area contributed by atoms with E-state index in [2.05, 4.69) is 37.3 Å². The minimum atomic E-state index is 0.746. The molecule has 1 aromatic carbocycles. The van der Waals surface area contributed by atoms with Crippen molar-refractivity contribution in [3.63, 3.8) is 0 Å². The van der Waals surface area contributed by atoms with E-state index in [1.807, 2.05) is 12.1 Å². The second-order valence-electron chi connectivity index (χ2n) is 5.80. The van der Waals surface area contributed by atoms with Crippen LogP contribution in [0.5, 0.6) is 0 Å². The Labute approximate surface area is 117 Å². The van der Waals surface area contributed by atoms with Crippen molar-refractivity contribution in [1.82, 2.24) is 0 Å². The monoisotopic (exact) mass is 253 g/mol. The first-order valence-electron chi connectivity index (χ1n) is 7.43. The van der Waals surface area contributed by atoms with Gasteiger partial charge in [0.1, 0.15) is 0 Å². The molecule has 1 saturated carbocycles. The number of hydrogen-bond acceptors (Lipinski definition) is 1. The highest BCUT2D eigenvalue weighted by molar-refractivity contribution is 5.31. The fourth-order valence-electron chi connectivity index (χ4n) is 2.76. The predicted molar refractivity (Wildman–Crippen MR) is 79.7 cm³/mol. The van der Waals surface area contributed by atoms with Gasteiger partial charge in [0, 0.05) is 0 Å². The Morgan fingerprint density at radius 3 is 2.47 bits per heavy atom. The smallest absolute Gasteiger partial charge is 0.0991 e. The average Bonchev–Trinajstić information content (AvgIpc) is 2.46. The lowest BCUT2D eigenvalue weighted by atomic mass is 9.83. The summed E-state index contributed by atoms with van der Waals surface area (Å²) in [5.41, 5.74) is 2.07. The van der Waals surface area contributed by atoms with E-state index in [4.69, 9.17) is 5.26 Å². The quantitative estimate of drug-likeness (QED) is 0.702. The van der Waals surface area contributed by atoms with Gasteiger partial charge in [-0.2, -0.15) is 5.26 Å². The first kappa shape index (κ1) is 13.9. The second kappa shape index (κ2) is 7.14. The normalized spacial score (nSPS) is 23.4. The van der Waals surface area contributed by atoms with Crippen LogP contribution in [0.1, 0.15) is 50.2 Å². The summed E-state index contributed by atoms with van der Waals surface area (Å²) in [5, 5.41) is 8.74. The van der Waals surface area contributed by atoms with Gasteiger partial charge >= 0.3 is 0 Å². The fourth-order valence-corrected chi connectivity index (χ4v) is 2.76. The first-order chi connectivity index (χ1) is 9.28. The molecule has 0 atom stereocenters. The first-order valence-corrected chi connectivity index (χ1v) is 7.43. The van der Waals surface area contributed by atoms with Crippen molar-refractivity contribution in [1.29, 1.82) is 5.26 Å². The van der Waals surface area contributed by atoms with Crippen molar-refractivity contribution in [2.24, 2.45) is 11.8 Å². The molecule has 1 aliphatic rings. The van der Waals surface area contributed by atoms with Crippen LogP contribution in [0.15, 0.2) is 36.4 Å². The lowest BCUT2D eigenvalue weighted by Gasteiger charge is -2.23. The lowest BCUT2D eigenvalue weighted by Crippen LogP contribution is -2.09. The molecule has 0 radical (unpaired) electrons. The summed E-state index contributed by atoms with van der Waals surface area (Å²) in [5.74, 6) is 1.75. The van der Waals surface area contributed by atoms with E-state index in [0.29, 0.717) is 0 Å². The third-order valence-corrected chi connectivity index (χ3v) is 4.15. The molecule has 100 valence electrons. The summed E-state index contributed by atoms with van der Waals surface area (Å²) in [6.07, 6.45) is 12.5. The van der Waals surface area contributed by atoms with Crippen LogP contribution in [-0.2, 0) is 6.42 Å². The molecule has 0 N–H and O–H groups in total. The lowest BCUT2D eigenvalue weighted by molar-refractivity contribution is 0.330. The van der Waals surface area contributed by atoms with Crippen molar-refractivity contribution in [3.8, 4) is 6.07 Å². The number of nitrogens with zero attached hydrogens (tertiary/aromatic N) is 1. The Hall–Kier alpha value is -1.55. The maximum Gasteiger partial charge on any atom is 0.0991 e. The van der Waals surface area contributed by atoms with Crippen LogP contribution in [0.2, 0.25) is 0 Å². The predicted octanol–water partition coefficient (Wildman–Crippen LogP) is 4.87. The van der Waals surface area contributed by atoms with Crippen LogP contribution >= 0.6 is 0 Å². The molecule has 2 rings (SSSR count). The van der Waals surface area contributed by atoms with Crippen molar-refractivity contribution in [2.75, 3.05) is 0 Å². The van der Waals surface area contributed by atoms with Crippen LogP contribution in [-0.4, -0.2) is 0 Å². The molecule has 0 aromatic heterocycles. The molecule has 0 unspecified atom stereocenters. The van der Waals surface area contributed by atoms with Crippen LogP contribution in [0.25, 0.3) is 0 Å². The zero-order valence-electron chi connectivity index (χ0n) is 11.8. The standard InChI is InChI=1S/C18H23N/c1-15-6-8-16(9-7-15)4-2-3-5-17-10-12-18(14-19)13-11-17/h2,4,10-13,15-16H,3,5-9H2,1H3/t15-,16-. The van der Waals surface area contributed by atoms with Crippen molar-refractivity contribution >= 4 is 0 Å². The number of benzene rings is 1. The second-order valence-corrected chi connectivity index (χ2v) is 5.80. The summed E-state index contributed by atoms with van der Waals surface area (Å²) >= 11 is 0. The molecule has 0 spiro atoms. The third-order valence-electron chi connectivity index (χ3n) is 4.15. The van der Waals surface area contributed by atoms with E-state index in [9.17, 15) is 0 Å². The number of allylic oxidation sites excluding steroid dienone is 2. The van der Waals surface area contributed by atoms with Crippen molar-refractivity contribution < 1.29 is 0 Å². The van der Waals surface area contributed by atoms with Crippen molar-refractivity contribution in [2.45, 2.75) is 45.4 Å². The molecule has 1 nitrogen and oxygen atoms in total. The molecule has 1 aromatic rings. The summed E-state index contributed by atoms with van der Waals surface area (Å²) < 4.78 is 0. The summed E-state index contributed by atoms with van der Waals surface area (Å²) in [7, 11) is 0. The SMILES string of the molecule is C[C@H]1CC[C@H](C=CCCc2ccc(C#N)cc2)CC1. The number of hydrogen-bond donors (Lipinski definition) is 0. The molecular weight excluding hydrogens is 230 g/mol. The summed E-state index contributed by atoms with van der Waals surface area (Å²) in [6, 6.07) is 10.1. The Morgan fingerprint density at radius 2 is 1.84 bits per heavy atom. The molecular formula is C18H23N. The van der Waals surface area contributed by atoms with Gasteiger partial charge in [-0.05, 0) is 55.2 Å². The Morgan fingerprint density at radius 1 is 1.16 bits per heavy atom. The van der Waals surface area contributed by atoms with Gasteiger partial charge in [-0.25, -0.2) is 0 Å². The van der Waals surface area contributed by atoms with Crippen molar-refractivity contribution in [3.05, 3.63) is 47.5 Å². The van der Waals surface area contributed by atoms with Gasteiger partial charge in [0.2, 0.25) is 0 Å². The molecule has 1 aliphatic carbocycles. The number of aryl methyl sites for hydroxylation is 1. The largest absolute Gasteiger partial charge is 0.192 e. The molecule has 19 heavy (non-hydrogen) atoms. The number of nitriles is 1. The molecule has 1 fully saturated rings. The zero-order valence-corrected chi connectivity index (χ0v) is 11.8. The topological polar surface area (TPSA) is 23.8 Å². The van der Waals surface area contributed by atoms with Gasteiger partial charge in [0.05, 0.1) is 11.6 Å². The molecule has 0 bridgehead atoms. The average molecular weight is 253 g/mol. The van der Waals surface area contributed by atoms with E-state index in [1.54, 1.807) is 0 Å². The van der Waals surface area contributed by atoms with Crippen LogP contribution in [0.3, 0.4) is 0 Å². The summed E-state index contributed by atoms with van der Waals surface area (Å²) in [6.45, 7) is 2.37. The minimum Gasteiger partial charge on any atom is -0.192 e. The van der Waals surface area contributed by atoms with Crippen LogP contribution in [0.4, 0.5) is 0 Å². The zero-order chi connectivity index (χ0) is 13.5. The highest BCUT2D eigenvalue weighted by atomic mass is 14.2. The number of rotatable bonds is 4. The van der Waals surface area contributed by atoms with E-state index >= 15 is 0 Å². The summed E-state index contributed by atoms with van der Waals surface area (Å²) in [4.78, 5) is 0. The molecule has 1 heteroatoms. The molecule has 0 amide bonds. The molecule has 0 aliphatic heterocycles. The maximum absolute atomic E-state index is 8.74. The van der Waals surface area contributed by atoms with Gasteiger partial charge in [-0.3, -0.25) is 0 Å². The van der Waals surface area contributed by atoms with E-state index < -0.39 is 0 Å². The minimum absolute atomic E-state index is 0.746. The van der Waals surface area contributed by atoms with Gasteiger partial charge in [-0.15, -0.1) is 0 Å². The van der Waals surface area contributed by atoms with E-state index in [1.165, 1.54) is 31.2 Å². The Bertz CT molecular complexity index is 442. The van der Waals surface area contributed by atoms with Crippen LogP contribution < -0.4 is 0 Å². The van der Waals surface area contributed by atoms with Gasteiger partial charge < -0.3 is 0 Å². The van der Waals surface area contributed by atoms with Gasteiger partial charge in [0.25, 0.3) is 0 Å². The molecule has 0 heterocycles. The highest BCUT2D eigenvalue weighted by Crippen LogP contribution is 2.29. The van der Waals surface area contributed by atoms with Crippen LogP contribution in [0, 0.1) is 23.2 Å². The van der Waals surface area contributed by atoms with E-state index in [-0.39, 0.29) is 0 Å². The Kier molecular flexibility index (Phi) is 5.21. The third kappa shape index (κ3) is 4.56. The fraction of sp³-hybridized carbons (Fsp3) is 0.500. The maximum atomic E-state index is 8.74. The van der Waals surface area contributed by atoms with Gasteiger partial charge in [0.15, 0.2) is 0 Å².